The molecule has 0 radical (unpaired) electrons. The fraction of sp³-hybridized carbons (Fsp3) is 0.500. The van der Waals surface area contributed by atoms with E-state index in [4.69, 9.17) is 5.73 Å². The number of hydrogen-bond donors (Lipinski definition) is 1. The summed E-state index contributed by atoms with van der Waals surface area (Å²) in [5.74, 6) is 0. The summed E-state index contributed by atoms with van der Waals surface area (Å²) in [5.41, 5.74) is 8.13. The number of anilines is 1. The van der Waals surface area contributed by atoms with Gasteiger partial charge in [0.15, 0.2) is 0 Å². The molecule has 2 nitrogen and oxygen atoms in total. The highest BCUT2D eigenvalue weighted by atomic mass is 79.9. The van der Waals surface area contributed by atoms with Crippen LogP contribution in [0.5, 0.6) is 0 Å². The molecule has 1 aromatic rings. The topological polar surface area (TPSA) is 29.3 Å². The van der Waals surface area contributed by atoms with Crippen LogP contribution in [0.15, 0.2) is 22.7 Å². The predicted molar refractivity (Wildman–Crippen MR) is 67.7 cm³/mol. The molecule has 2 rings (SSSR count). The van der Waals surface area contributed by atoms with Crippen LogP contribution in [-0.4, -0.2) is 18.0 Å². The van der Waals surface area contributed by atoms with Gasteiger partial charge in [0.05, 0.1) is 0 Å². The zero-order valence-corrected chi connectivity index (χ0v) is 10.5. The van der Waals surface area contributed by atoms with Crippen molar-refractivity contribution in [2.75, 3.05) is 18.8 Å². The Morgan fingerprint density at radius 2 is 1.93 bits per heavy atom. The molecule has 1 heterocycles. The van der Waals surface area contributed by atoms with E-state index in [0.717, 1.165) is 16.7 Å². The Balaban J connectivity index is 2.03. The number of piperidine rings is 1. The van der Waals surface area contributed by atoms with Gasteiger partial charge in [0.25, 0.3) is 0 Å². The van der Waals surface area contributed by atoms with Gasteiger partial charge in [-0.2, -0.15) is 0 Å². The Labute approximate surface area is 99.6 Å². The van der Waals surface area contributed by atoms with Crippen molar-refractivity contribution < 1.29 is 0 Å². The van der Waals surface area contributed by atoms with E-state index in [0.29, 0.717) is 0 Å². The van der Waals surface area contributed by atoms with Crippen molar-refractivity contribution in [3.8, 4) is 0 Å². The third-order valence-electron chi connectivity index (χ3n) is 2.95. The normalized spacial score (nSPS) is 17.9. The maximum atomic E-state index is 5.98. The van der Waals surface area contributed by atoms with Gasteiger partial charge in [-0.05, 0) is 43.6 Å². The van der Waals surface area contributed by atoms with Crippen molar-refractivity contribution in [3.05, 3.63) is 28.2 Å². The van der Waals surface area contributed by atoms with E-state index in [1.807, 2.05) is 6.07 Å². The molecule has 1 fully saturated rings. The van der Waals surface area contributed by atoms with Crippen molar-refractivity contribution in [1.82, 2.24) is 4.90 Å². The van der Waals surface area contributed by atoms with Crippen LogP contribution in [0.3, 0.4) is 0 Å². The molecule has 0 unspecified atom stereocenters. The highest BCUT2D eigenvalue weighted by Crippen LogP contribution is 2.21. The molecule has 15 heavy (non-hydrogen) atoms. The largest absolute Gasteiger partial charge is 0.398 e. The average molecular weight is 269 g/mol. The minimum atomic E-state index is 0.898. The molecule has 2 N–H and O–H groups in total. The smallest absolute Gasteiger partial charge is 0.0371 e. The average Bonchev–Trinajstić information content (AvgIpc) is 2.24. The Hall–Kier alpha value is -0.540. The first-order valence-corrected chi connectivity index (χ1v) is 6.31. The highest BCUT2D eigenvalue weighted by Gasteiger charge is 2.11. The molecule has 0 bridgehead atoms. The number of halogens is 1. The molecular formula is C12H17BrN2. The van der Waals surface area contributed by atoms with E-state index in [1.54, 1.807) is 0 Å². The summed E-state index contributed by atoms with van der Waals surface area (Å²) in [5, 5.41) is 0. The third kappa shape index (κ3) is 2.95. The van der Waals surface area contributed by atoms with Crippen molar-refractivity contribution in [1.29, 1.82) is 0 Å². The summed E-state index contributed by atoms with van der Waals surface area (Å²) < 4.78 is 1.06. The summed E-state index contributed by atoms with van der Waals surface area (Å²) in [4.78, 5) is 2.49. The maximum absolute atomic E-state index is 5.98. The molecule has 1 aromatic carbocycles. The van der Waals surface area contributed by atoms with Gasteiger partial charge < -0.3 is 5.73 Å². The van der Waals surface area contributed by atoms with E-state index >= 15 is 0 Å². The fourth-order valence-corrected chi connectivity index (χ4v) is 2.45. The van der Waals surface area contributed by atoms with Crippen LogP contribution in [0, 0.1) is 0 Å². The quantitative estimate of drug-likeness (QED) is 0.836. The highest BCUT2D eigenvalue weighted by molar-refractivity contribution is 9.10. The van der Waals surface area contributed by atoms with Gasteiger partial charge in [-0.15, -0.1) is 0 Å². The lowest BCUT2D eigenvalue weighted by Crippen LogP contribution is -2.29. The van der Waals surface area contributed by atoms with E-state index in [-0.39, 0.29) is 0 Å². The Morgan fingerprint density at radius 1 is 1.20 bits per heavy atom. The number of rotatable bonds is 2. The van der Waals surface area contributed by atoms with Crippen LogP contribution in [0.2, 0.25) is 0 Å². The van der Waals surface area contributed by atoms with Gasteiger partial charge >= 0.3 is 0 Å². The monoisotopic (exact) mass is 268 g/mol. The van der Waals surface area contributed by atoms with Gasteiger partial charge in [0, 0.05) is 16.7 Å². The molecule has 1 aliphatic heterocycles. The summed E-state index contributed by atoms with van der Waals surface area (Å²) in [6.07, 6.45) is 4.04. The minimum absolute atomic E-state index is 0.898. The Morgan fingerprint density at radius 3 is 2.60 bits per heavy atom. The molecule has 0 atom stereocenters. The van der Waals surface area contributed by atoms with Gasteiger partial charge in [0.1, 0.15) is 0 Å². The van der Waals surface area contributed by atoms with Gasteiger partial charge in [0.2, 0.25) is 0 Å². The second kappa shape index (κ2) is 4.99. The van der Waals surface area contributed by atoms with Crippen molar-refractivity contribution >= 4 is 21.6 Å². The van der Waals surface area contributed by atoms with E-state index < -0.39 is 0 Å². The SMILES string of the molecule is Nc1cc(Br)ccc1CN1CCCCC1. The fourth-order valence-electron chi connectivity index (χ4n) is 2.07. The molecule has 0 spiro atoms. The Kier molecular flexibility index (Phi) is 3.65. The van der Waals surface area contributed by atoms with Crippen molar-refractivity contribution in [2.24, 2.45) is 0 Å². The third-order valence-corrected chi connectivity index (χ3v) is 3.44. The second-order valence-electron chi connectivity index (χ2n) is 4.18. The molecule has 0 aromatic heterocycles. The first-order chi connectivity index (χ1) is 7.25. The van der Waals surface area contributed by atoms with Crippen LogP contribution in [0.1, 0.15) is 24.8 Å². The molecule has 82 valence electrons. The summed E-state index contributed by atoms with van der Waals surface area (Å²) >= 11 is 3.43. The van der Waals surface area contributed by atoms with E-state index in [1.165, 1.54) is 37.9 Å². The standard InChI is InChI=1S/C12H17BrN2/c13-11-5-4-10(12(14)8-11)9-15-6-2-1-3-7-15/h4-5,8H,1-3,6-7,9,14H2. The number of nitrogens with zero attached hydrogens (tertiary/aromatic N) is 1. The number of nitrogens with two attached hydrogens (primary N) is 1. The molecule has 3 heteroatoms. The molecule has 0 aliphatic carbocycles. The number of hydrogen-bond acceptors (Lipinski definition) is 2. The summed E-state index contributed by atoms with van der Waals surface area (Å²) in [6, 6.07) is 6.17. The van der Waals surface area contributed by atoms with Crippen LogP contribution in [-0.2, 0) is 6.54 Å². The van der Waals surface area contributed by atoms with Crippen LogP contribution < -0.4 is 5.73 Å². The Bertz CT molecular complexity index is 332. The zero-order chi connectivity index (χ0) is 10.7. The lowest BCUT2D eigenvalue weighted by Gasteiger charge is -2.26. The van der Waals surface area contributed by atoms with Gasteiger partial charge in [-0.3, -0.25) is 4.90 Å². The lowest BCUT2D eigenvalue weighted by atomic mass is 10.1. The molecule has 1 aliphatic rings. The molecule has 0 saturated carbocycles. The lowest BCUT2D eigenvalue weighted by molar-refractivity contribution is 0.221. The zero-order valence-electron chi connectivity index (χ0n) is 8.88. The number of likely N-dealkylation sites (tertiary alicyclic amines) is 1. The van der Waals surface area contributed by atoms with Crippen LogP contribution >= 0.6 is 15.9 Å². The minimum Gasteiger partial charge on any atom is -0.398 e. The van der Waals surface area contributed by atoms with Gasteiger partial charge in [-0.25, -0.2) is 0 Å². The second-order valence-corrected chi connectivity index (χ2v) is 5.10. The molecular weight excluding hydrogens is 252 g/mol. The first kappa shape index (κ1) is 11.0. The number of nitrogen functional groups attached to an aromatic ring is 1. The van der Waals surface area contributed by atoms with Crippen molar-refractivity contribution in [3.63, 3.8) is 0 Å². The summed E-state index contributed by atoms with van der Waals surface area (Å²) in [6.45, 7) is 3.43. The van der Waals surface area contributed by atoms with Crippen molar-refractivity contribution in [2.45, 2.75) is 25.8 Å². The van der Waals surface area contributed by atoms with Crippen LogP contribution in [0.4, 0.5) is 5.69 Å². The predicted octanol–water partition coefficient (Wildman–Crippen LogP) is 3.02. The summed E-state index contributed by atoms with van der Waals surface area (Å²) in [7, 11) is 0. The molecule has 1 saturated heterocycles. The number of benzene rings is 1. The van der Waals surface area contributed by atoms with Gasteiger partial charge in [-0.1, -0.05) is 28.4 Å². The van der Waals surface area contributed by atoms with E-state index in [9.17, 15) is 0 Å². The molecule has 0 amide bonds. The maximum Gasteiger partial charge on any atom is 0.0371 e. The first-order valence-electron chi connectivity index (χ1n) is 5.52. The van der Waals surface area contributed by atoms with Crippen LogP contribution in [0.25, 0.3) is 0 Å². The van der Waals surface area contributed by atoms with E-state index in [2.05, 4.69) is 33.0 Å².